The molecule has 0 atom stereocenters. The van der Waals surface area contributed by atoms with Crippen LogP contribution in [0.3, 0.4) is 0 Å². The zero-order chi connectivity index (χ0) is 23.1. The highest BCUT2D eigenvalue weighted by Gasteiger charge is 2.23. The Morgan fingerprint density at radius 3 is 1.88 bits per heavy atom. The van der Waals surface area contributed by atoms with Crippen LogP contribution in [0.1, 0.15) is 53.4 Å². The van der Waals surface area contributed by atoms with Crippen LogP contribution < -0.4 is 24.4 Å². The molecule has 3 aromatic rings. The van der Waals surface area contributed by atoms with Crippen molar-refractivity contribution < 1.29 is 23.4 Å². The van der Waals surface area contributed by atoms with E-state index >= 15 is 0 Å². The maximum absolute atomic E-state index is 13.5. The standard InChI is InChI=1S/C25H31BrO6/c1-5-11-28-19-10-9-16-20(27)17-15-18(26)23(29-12-6-2)25(31-14-8-4)22(17)32-21(16)24(19)30-13-7-3/h9-10,15H,5-8,11-14H2,1-4H3. The minimum atomic E-state index is -0.159. The molecule has 174 valence electrons. The third-order valence-corrected chi connectivity index (χ3v) is 5.32. The molecule has 0 aliphatic carbocycles. The Kier molecular flexibility index (Phi) is 8.67. The maximum atomic E-state index is 13.5. The second-order valence-electron chi connectivity index (χ2n) is 7.49. The van der Waals surface area contributed by atoms with Crippen molar-refractivity contribution in [3.8, 4) is 23.0 Å². The molecule has 0 spiro atoms. The molecule has 0 saturated heterocycles. The van der Waals surface area contributed by atoms with Crippen molar-refractivity contribution in [1.29, 1.82) is 0 Å². The first kappa shape index (κ1) is 24.2. The van der Waals surface area contributed by atoms with Crippen LogP contribution >= 0.6 is 15.9 Å². The SMILES string of the molecule is CCCOc1ccc2c(=O)c3cc(Br)c(OCCC)c(OCCC)c3oc2c1OCCC. The van der Waals surface area contributed by atoms with Crippen LogP contribution in [0.25, 0.3) is 21.9 Å². The number of fused-ring (bicyclic) bond motifs is 2. The quantitative estimate of drug-likeness (QED) is 0.250. The predicted octanol–water partition coefficient (Wildman–Crippen LogP) is 6.86. The van der Waals surface area contributed by atoms with E-state index < -0.39 is 0 Å². The highest BCUT2D eigenvalue weighted by atomic mass is 79.9. The fourth-order valence-electron chi connectivity index (χ4n) is 3.27. The van der Waals surface area contributed by atoms with E-state index in [0.717, 1.165) is 25.7 Å². The molecule has 0 radical (unpaired) electrons. The molecule has 0 N–H and O–H groups in total. The topological polar surface area (TPSA) is 67.1 Å². The monoisotopic (exact) mass is 506 g/mol. The molecule has 0 fully saturated rings. The second kappa shape index (κ2) is 11.5. The third-order valence-electron chi connectivity index (χ3n) is 4.73. The van der Waals surface area contributed by atoms with Gasteiger partial charge in [-0.15, -0.1) is 0 Å². The fourth-order valence-corrected chi connectivity index (χ4v) is 3.80. The first-order valence-electron chi connectivity index (χ1n) is 11.3. The van der Waals surface area contributed by atoms with Crippen molar-refractivity contribution in [2.24, 2.45) is 0 Å². The highest BCUT2D eigenvalue weighted by Crippen LogP contribution is 2.44. The molecule has 6 nitrogen and oxygen atoms in total. The molecule has 7 heteroatoms. The summed E-state index contributed by atoms with van der Waals surface area (Å²) >= 11 is 3.55. The average molecular weight is 507 g/mol. The molecule has 0 unspecified atom stereocenters. The number of hydrogen-bond donors (Lipinski definition) is 0. The molecule has 0 saturated carbocycles. The molecule has 3 rings (SSSR count). The number of hydrogen-bond acceptors (Lipinski definition) is 6. The summed E-state index contributed by atoms with van der Waals surface area (Å²) in [6.07, 6.45) is 3.31. The van der Waals surface area contributed by atoms with Crippen molar-refractivity contribution in [3.05, 3.63) is 32.9 Å². The van der Waals surface area contributed by atoms with E-state index in [0.29, 0.717) is 75.8 Å². The lowest BCUT2D eigenvalue weighted by Crippen LogP contribution is -2.09. The normalized spacial score (nSPS) is 11.2. The van der Waals surface area contributed by atoms with E-state index in [1.54, 1.807) is 18.2 Å². The lowest BCUT2D eigenvalue weighted by molar-refractivity contribution is 0.264. The van der Waals surface area contributed by atoms with Crippen LogP contribution in [-0.4, -0.2) is 26.4 Å². The Morgan fingerprint density at radius 1 is 0.719 bits per heavy atom. The molecule has 0 aliphatic rings. The van der Waals surface area contributed by atoms with Gasteiger partial charge in [-0.1, -0.05) is 27.7 Å². The van der Waals surface area contributed by atoms with Crippen molar-refractivity contribution in [3.63, 3.8) is 0 Å². The minimum absolute atomic E-state index is 0.159. The highest BCUT2D eigenvalue weighted by molar-refractivity contribution is 9.10. The number of ether oxygens (including phenoxy) is 4. The summed E-state index contributed by atoms with van der Waals surface area (Å²) in [7, 11) is 0. The van der Waals surface area contributed by atoms with E-state index in [9.17, 15) is 4.79 Å². The summed E-state index contributed by atoms with van der Waals surface area (Å²) in [6, 6.07) is 5.23. The molecule has 32 heavy (non-hydrogen) atoms. The van der Waals surface area contributed by atoms with Gasteiger partial charge in [0.1, 0.15) is 0 Å². The summed E-state index contributed by atoms with van der Waals surface area (Å²) in [4.78, 5) is 13.5. The Labute approximate surface area is 196 Å². The van der Waals surface area contributed by atoms with Gasteiger partial charge in [0.05, 0.1) is 41.7 Å². The molecule has 0 aliphatic heterocycles. The second-order valence-corrected chi connectivity index (χ2v) is 8.34. The molecule has 1 aromatic heterocycles. The van der Waals surface area contributed by atoms with Crippen molar-refractivity contribution in [1.82, 2.24) is 0 Å². The van der Waals surface area contributed by atoms with Gasteiger partial charge in [0.2, 0.25) is 16.9 Å². The first-order valence-corrected chi connectivity index (χ1v) is 12.1. The van der Waals surface area contributed by atoms with E-state index in [4.69, 9.17) is 23.4 Å². The number of halogens is 1. The van der Waals surface area contributed by atoms with Gasteiger partial charge < -0.3 is 23.4 Å². The van der Waals surface area contributed by atoms with E-state index in [2.05, 4.69) is 15.9 Å². The van der Waals surface area contributed by atoms with Crippen molar-refractivity contribution in [2.75, 3.05) is 26.4 Å². The van der Waals surface area contributed by atoms with Crippen molar-refractivity contribution in [2.45, 2.75) is 53.4 Å². The van der Waals surface area contributed by atoms with E-state index in [-0.39, 0.29) is 5.43 Å². The molecule has 2 aromatic carbocycles. The van der Waals surface area contributed by atoms with Gasteiger partial charge in [-0.3, -0.25) is 4.79 Å². The summed E-state index contributed by atoms with van der Waals surface area (Å²) in [5, 5.41) is 0.853. The molecule has 1 heterocycles. The first-order chi connectivity index (χ1) is 15.6. The smallest absolute Gasteiger partial charge is 0.206 e. The lowest BCUT2D eigenvalue weighted by atomic mass is 10.1. The lowest BCUT2D eigenvalue weighted by Gasteiger charge is -2.17. The Hall–Kier alpha value is -2.41. The minimum Gasteiger partial charge on any atom is -0.490 e. The van der Waals surface area contributed by atoms with Gasteiger partial charge in [-0.05, 0) is 59.8 Å². The zero-order valence-electron chi connectivity index (χ0n) is 19.2. The van der Waals surface area contributed by atoms with Crippen LogP contribution in [0.4, 0.5) is 0 Å². The van der Waals surface area contributed by atoms with Crippen LogP contribution in [0.2, 0.25) is 0 Å². The van der Waals surface area contributed by atoms with Crippen molar-refractivity contribution >= 4 is 37.9 Å². The van der Waals surface area contributed by atoms with Crippen LogP contribution in [0.5, 0.6) is 23.0 Å². The molecule has 0 bridgehead atoms. The summed E-state index contributed by atoms with van der Waals surface area (Å²) in [5.41, 5.74) is 0.544. The average Bonchev–Trinajstić information content (AvgIpc) is 2.80. The van der Waals surface area contributed by atoms with Crippen LogP contribution in [0.15, 0.2) is 31.9 Å². The van der Waals surface area contributed by atoms with Gasteiger partial charge in [0, 0.05) is 0 Å². The summed E-state index contributed by atoms with van der Waals surface area (Å²) < 4.78 is 30.9. The van der Waals surface area contributed by atoms with Gasteiger partial charge in [0.15, 0.2) is 22.7 Å². The third kappa shape index (κ3) is 4.98. The van der Waals surface area contributed by atoms with Crippen LogP contribution in [0, 0.1) is 0 Å². The predicted molar refractivity (Wildman–Crippen MR) is 131 cm³/mol. The number of benzene rings is 2. The van der Waals surface area contributed by atoms with E-state index in [1.165, 1.54) is 0 Å². The number of rotatable bonds is 12. The maximum Gasteiger partial charge on any atom is 0.206 e. The summed E-state index contributed by atoms with van der Waals surface area (Å²) in [5.74, 6) is 1.96. The van der Waals surface area contributed by atoms with Gasteiger partial charge in [-0.25, -0.2) is 0 Å². The zero-order valence-corrected chi connectivity index (χ0v) is 20.8. The summed E-state index contributed by atoms with van der Waals surface area (Å²) in [6.45, 7) is 10.1. The Balaban J connectivity index is 2.34. The van der Waals surface area contributed by atoms with E-state index in [1.807, 2.05) is 27.7 Å². The fraction of sp³-hybridized carbons (Fsp3) is 0.480. The van der Waals surface area contributed by atoms with Gasteiger partial charge in [-0.2, -0.15) is 0 Å². The molecule has 0 amide bonds. The van der Waals surface area contributed by atoms with Crippen LogP contribution in [-0.2, 0) is 0 Å². The van der Waals surface area contributed by atoms with Gasteiger partial charge >= 0.3 is 0 Å². The molecular formula is C25H31BrO6. The Bertz CT molecular complexity index is 1120. The molecular weight excluding hydrogens is 476 g/mol. The largest absolute Gasteiger partial charge is 0.490 e. The van der Waals surface area contributed by atoms with Gasteiger partial charge in [0.25, 0.3) is 0 Å². The Morgan fingerprint density at radius 2 is 1.25 bits per heavy atom.